The molecular weight excluding hydrogens is 108 g/mol. The van der Waals surface area contributed by atoms with E-state index < -0.39 is 0 Å². The third-order valence-corrected chi connectivity index (χ3v) is 1.36. The molecular formula is C9H17. The van der Waals surface area contributed by atoms with Crippen LogP contribution in [0.15, 0.2) is 12.2 Å². The van der Waals surface area contributed by atoms with Gasteiger partial charge in [-0.3, -0.25) is 0 Å². The molecule has 0 heteroatoms. The van der Waals surface area contributed by atoms with Crippen molar-refractivity contribution in [1.82, 2.24) is 0 Å². The minimum absolute atomic E-state index is 1.09. The Hall–Kier alpha value is -0.260. The fourth-order valence-electron chi connectivity index (χ4n) is 0.782. The summed E-state index contributed by atoms with van der Waals surface area (Å²) in [5, 5.41) is 0. The fraction of sp³-hybridized carbons (Fsp3) is 0.667. The third kappa shape index (κ3) is 7.74. The molecule has 0 spiro atoms. The van der Waals surface area contributed by atoms with E-state index in [9.17, 15) is 0 Å². The molecule has 0 aromatic rings. The van der Waals surface area contributed by atoms with Crippen molar-refractivity contribution in [2.45, 2.75) is 39.0 Å². The van der Waals surface area contributed by atoms with Crippen LogP contribution < -0.4 is 0 Å². The second-order valence-electron chi connectivity index (χ2n) is 2.27. The van der Waals surface area contributed by atoms with Crippen LogP contribution in [0, 0.1) is 6.92 Å². The van der Waals surface area contributed by atoms with Crippen molar-refractivity contribution >= 4 is 0 Å². The highest BCUT2D eigenvalue weighted by atomic mass is 13.9. The standard InChI is InChI=1S/C9H17/c1-3-5-7-9-8-6-4-2/h4,6H,1,3,5,7-9H2,2H3/b6-4+. The van der Waals surface area contributed by atoms with E-state index in [1.807, 2.05) is 0 Å². The van der Waals surface area contributed by atoms with E-state index in [2.05, 4.69) is 26.0 Å². The highest BCUT2D eigenvalue weighted by molar-refractivity contribution is 4.76. The van der Waals surface area contributed by atoms with Crippen molar-refractivity contribution in [3.8, 4) is 0 Å². The minimum atomic E-state index is 1.09. The molecule has 0 rings (SSSR count). The van der Waals surface area contributed by atoms with E-state index in [1.54, 1.807) is 0 Å². The van der Waals surface area contributed by atoms with Gasteiger partial charge in [0.2, 0.25) is 0 Å². The molecule has 0 N–H and O–H groups in total. The van der Waals surface area contributed by atoms with E-state index in [0.29, 0.717) is 0 Å². The normalized spacial score (nSPS) is 10.9. The van der Waals surface area contributed by atoms with Crippen LogP contribution in [0.1, 0.15) is 39.0 Å². The maximum atomic E-state index is 3.79. The molecule has 0 aromatic carbocycles. The third-order valence-electron chi connectivity index (χ3n) is 1.36. The maximum absolute atomic E-state index is 3.79. The van der Waals surface area contributed by atoms with Gasteiger partial charge in [-0.1, -0.05) is 38.3 Å². The molecule has 0 heterocycles. The van der Waals surface area contributed by atoms with Crippen LogP contribution >= 0.6 is 0 Å². The van der Waals surface area contributed by atoms with Crippen LogP contribution in [0.5, 0.6) is 0 Å². The van der Waals surface area contributed by atoms with Crippen molar-refractivity contribution in [2.24, 2.45) is 0 Å². The summed E-state index contributed by atoms with van der Waals surface area (Å²) in [4.78, 5) is 0. The van der Waals surface area contributed by atoms with Gasteiger partial charge in [0.15, 0.2) is 0 Å². The summed E-state index contributed by atoms with van der Waals surface area (Å²) >= 11 is 0. The first-order chi connectivity index (χ1) is 4.41. The molecule has 9 heavy (non-hydrogen) atoms. The van der Waals surface area contributed by atoms with Crippen LogP contribution in [0.2, 0.25) is 0 Å². The molecule has 0 unspecified atom stereocenters. The Kier molecular flexibility index (Phi) is 7.52. The molecule has 53 valence electrons. The lowest BCUT2D eigenvalue weighted by atomic mass is 10.1. The Labute approximate surface area is 59.0 Å². The van der Waals surface area contributed by atoms with Crippen LogP contribution in [0.3, 0.4) is 0 Å². The summed E-state index contributed by atoms with van der Waals surface area (Å²) in [6, 6.07) is 0. The molecule has 0 aliphatic heterocycles. The smallest absolute Gasteiger partial charge is 0.0351 e. The van der Waals surface area contributed by atoms with Gasteiger partial charge in [-0.25, -0.2) is 0 Å². The van der Waals surface area contributed by atoms with Crippen LogP contribution in [0.25, 0.3) is 0 Å². The van der Waals surface area contributed by atoms with Gasteiger partial charge in [-0.15, -0.1) is 0 Å². The zero-order valence-corrected chi connectivity index (χ0v) is 6.40. The quantitative estimate of drug-likeness (QED) is 0.390. The molecule has 0 saturated carbocycles. The average Bonchev–Trinajstić information content (AvgIpc) is 1.89. The zero-order chi connectivity index (χ0) is 6.95. The molecule has 0 bridgehead atoms. The topological polar surface area (TPSA) is 0 Å². The molecule has 0 atom stereocenters. The summed E-state index contributed by atoms with van der Waals surface area (Å²) in [6.07, 6.45) is 10.6. The van der Waals surface area contributed by atoms with Crippen LogP contribution in [0.4, 0.5) is 0 Å². The molecule has 0 saturated heterocycles. The summed E-state index contributed by atoms with van der Waals surface area (Å²) in [7, 11) is 0. The molecule has 0 aromatic heterocycles. The molecule has 1 radical (unpaired) electrons. The fourth-order valence-corrected chi connectivity index (χ4v) is 0.782. The number of hydrogen-bond acceptors (Lipinski definition) is 0. The lowest BCUT2D eigenvalue weighted by molar-refractivity contribution is 0.695. The first-order valence-electron chi connectivity index (χ1n) is 3.82. The van der Waals surface area contributed by atoms with E-state index in [4.69, 9.17) is 0 Å². The van der Waals surface area contributed by atoms with Gasteiger partial charge in [-0.2, -0.15) is 0 Å². The second kappa shape index (κ2) is 7.74. The first kappa shape index (κ1) is 8.74. The monoisotopic (exact) mass is 125 g/mol. The summed E-state index contributed by atoms with van der Waals surface area (Å²) in [5.74, 6) is 0. The van der Waals surface area contributed by atoms with E-state index in [1.165, 1.54) is 25.7 Å². The number of hydrogen-bond donors (Lipinski definition) is 0. The van der Waals surface area contributed by atoms with Gasteiger partial charge < -0.3 is 0 Å². The molecule has 0 nitrogen and oxygen atoms in total. The molecule has 0 amide bonds. The predicted molar refractivity (Wildman–Crippen MR) is 43.3 cm³/mol. The average molecular weight is 125 g/mol. The lowest BCUT2D eigenvalue weighted by Crippen LogP contribution is -1.72. The molecule has 0 aliphatic rings. The number of unbranched alkanes of at least 4 members (excludes halogenated alkanes) is 4. The highest BCUT2D eigenvalue weighted by Gasteiger charge is 1.82. The van der Waals surface area contributed by atoms with E-state index >= 15 is 0 Å². The Balaban J connectivity index is 2.75. The van der Waals surface area contributed by atoms with E-state index in [0.717, 1.165) is 6.42 Å². The summed E-state index contributed by atoms with van der Waals surface area (Å²) < 4.78 is 0. The SMILES string of the molecule is [CH2]CCCCC/C=C/C. The first-order valence-corrected chi connectivity index (χ1v) is 3.82. The van der Waals surface area contributed by atoms with Gasteiger partial charge in [-0.05, 0) is 19.8 Å². The lowest BCUT2D eigenvalue weighted by Gasteiger charge is -1.92. The highest BCUT2D eigenvalue weighted by Crippen LogP contribution is 2.01. The van der Waals surface area contributed by atoms with Crippen LogP contribution in [-0.4, -0.2) is 0 Å². The van der Waals surface area contributed by atoms with Crippen molar-refractivity contribution in [3.05, 3.63) is 19.1 Å². The van der Waals surface area contributed by atoms with Gasteiger partial charge >= 0.3 is 0 Å². The Morgan fingerprint density at radius 2 is 2.00 bits per heavy atom. The Morgan fingerprint density at radius 3 is 2.56 bits per heavy atom. The van der Waals surface area contributed by atoms with Crippen molar-refractivity contribution in [3.63, 3.8) is 0 Å². The summed E-state index contributed by atoms with van der Waals surface area (Å²) in [5.41, 5.74) is 0. The van der Waals surface area contributed by atoms with Gasteiger partial charge in [0, 0.05) is 0 Å². The summed E-state index contributed by atoms with van der Waals surface area (Å²) in [6.45, 7) is 5.86. The van der Waals surface area contributed by atoms with Crippen molar-refractivity contribution < 1.29 is 0 Å². The molecule has 0 fully saturated rings. The van der Waals surface area contributed by atoms with Gasteiger partial charge in [0.1, 0.15) is 0 Å². The Morgan fingerprint density at radius 1 is 1.22 bits per heavy atom. The minimum Gasteiger partial charge on any atom is -0.0917 e. The zero-order valence-electron chi connectivity index (χ0n) is 6.40. The second-order valence-corrected chi connectivity index (χ2v) is 2.27. The maximum Gasteiger partial charge on any atom is -0.0351 e. The Bertz CT molecular complexity index is 62.4. The largest absolute Gasteiger partial charge is 0.0917 e. The molecule has 0 aliphatic carbocycles. The van der Waals surface area contributed by atoms with Crippen molar-refractivity contribution in [2.75, 3.05) is 0 Å². The number of rotatable bonds is 5. The van der Waals surface area contributed by atoms with Crippen molar-refractivity contribution in [1.29, 1.82) is 0 Å². The van der Waals surface area contributed by atoms with Gasteiger partial charge in [0.25, 0.3) is 0 Å². The predicted octanol–water partition coefficient (Wildman–Crippen LogP) is 3.35. The number of allylic oxidation sites excluding steroid dienone is 2. The van der Waals surface area contributed by atoms with E-state index in [-0.39, 0.29) is 0 Å². The van der Waals surface area contributed by atoms with Crippen LogP contribution in [-0.2, 0) is 0 Å². The van der Waals surface area contributed by atoms with Gasteiger partial charge in [0.05, 0.1) is 0 Å².